The van der Waals surface area contributed by atoms with Crippen molar-refractivity contribution in [2.45, 2.75) is 40.0 Å². The van der Waals surface area contributed by atoms with Crippen LogP contribution >= 0.6 is 34.8 Å². The molecule has 27 heavy (non-hydrogen) atoms. The Hall–Kier alpha value is -1.50. The van der Waals surface area contributed by atoms with Crippen LogP contribution in [0.5, 0.6) is 5.75 Å². The van der Waals surface area contributed by atoms with Gasteiger partial charge in [-0.1, -0.05) is 68.4 Å². The van der Waals surface area contributed by atoms with Crippen LogP contribution in [0.1, 0.15) is 50.4 Å². The third-order valence-electron chi connectivity index (χ3n) is 3.79. The number of carboxylic acids is 1. The highest BCUT2D eigenvalue weighted by atomic mass is 35.5. The van der Waals surface area contributed by atoms with Gasteiger partial charge in [-0.2, -0.15) is 0 Å². The Bertz CT molecular complexity index is 720. The molecule has 0 aliphatic rings. The Morgan fingerprint density at radius 2 is 1.74 bits per heavy atom. The lowest BCUT2D eigenvalue weighted by atomic mass is 9.94. The van der Waals surface area contributed by atoms with Gasteiger partial charge in [0.05, 0.1) is 21.7 Å². The smallest absolute Gasteiger partial charge is 0.422 e. The number of hydrogen-bond donors (Lipinski definition) is 1. The number of halogens is 3. The second-order valence-corrected chi connectivity index (χ2v) is 7.58. The fourth-order valence-electron chi connectivity index (χ4n) is 2.65. The number of hydrogen-bond acceptors (Lipinski definition) is 5. The topological polar surface area (TPSA) is 89.9 Å². The number of esters is 2. The van der Waals surface area contributed by atoms with Gasteiger partial charge in [-0.3, -0.25) is 0 Å². The summed E-state index contributed by atoms with van der Waals surface area (Å²) in [5, 5.41) is 8.15. The summed E-state index contributed by atoms with van der Waals surface area (Å²) < 4.78 is 9.95. The van der Waals surface area contributed by atoms with E-state index in [0.717, 1.165) is 25.3 Å². The first kappa shape index (κ1) is 23.5. The molecule has 6 nitrogen and oxygen atoms in total. The summed E-state index contributed by atoms with van der Waals surface area (Å²) in [5.41, 5.74) is -0.391. The maximum atomic E-state index is 12.5. The lowest BCUT2D eigenvalue weighted by Gasteiger charge is -2.18. The van der Waals surface area contributed by atoms with Crippen LogP contribution < -0.4 is 4.74 Å². The van der Waals surface area contributed by atoms with Gasteiger partial charge < -0.3 is 14.6 Å². The summed E-state index contributed by atoms with van der Waals surface area (Å²) in [7, 11) is 0. The Morgan fingerprint density at radius 1 is 1.11 bits per heavy atom. The molecule has 2 atom stereocenters. The van der Waals surface area contributed by atoms with E-state index in [0.29, 0.717) is 5.92 Å². The predicted molar refractivity (Wildman–Crippen MR) is 103 cm³/mol. The predicted octanol–water partition coefficient (Wildman–Crippen LogP) is 5.26. The highest BCUT2D eigenvalue weighted by molar-refractivity contribution is 6.46. The average molecular weight is 440 g/mol. The molecule has 0 saturated carbocycles. The lowest BCUT2D eigenvalue weighted by Crippen LogP contribution is -2.22. The molecule has 0 spiro atoms. The van der Waals surface area contributed by atoms with Crippen LogP contribution in [0.3, 0.4) is 0 Å². The molecule has 0 heterocycles. The van der Waals surface area contributed by atoms with Crippen LogP contribution in [0, 0.1) is 11.8 Å². The van der Waals surface area contributed by atoms with Crippen molar-refractivity contribution in [3.8, 4) is 5.75 Å². The summed E-state index contributed by atoms with van der Waals surface area (Å²) in [6.45, 7) is 6.28. The summed E-state index contributed by atoms with van der Waals surface area (Å²) >= 11 is 17.9. The van der Waals surface area contributed by atoms with Crippen molar-refractivity contribution in [2.24, 2.45) is 11.8 Å². The van der Waals surface area contributed by atoms with Gasteiger partial charge in [0.25, 0.3) is 0 Å². The quantitative estimate of drug-likeness (QED) is 0.257. The van der Waals surface area contributed by atoms with Crippen molar-refractivity contribution in [1.29, 1.82) is 0 Å². The first-order valence-electron chi connectivity index (χ1n) is 8.38. The molecule has 9 heteroatoms. The highest BCUT2D eigenvalue weighted by Crippen LogP contribution is 2.40. The average Bonchev–Trinajstić information content (AvgIpc) is 2.57. The zero-order chi connectivity index (χ0) is 20.7. The number of aliphatic carboxylic acids is 1. The van der Waals surface area contributed by atoms with Gasteiger partial charge in [-0.15, -0.1) is 0 Å². The minimum atomic E-state index is -1.85. The van der Waals surface area contributed by atoms with Crippen LogP contribution in [0.25, 0.3) is 0 Å². The Balaban J connectivity index is 3.01. The molecule has 0 aromatic heterocycles. The standard InChI is InChI=1S/C18H21Cl3O6/c1-4-5-9(2)6-10(3)8-26-17(24)13-14(21)11(19)7-12(20)15(13)27-18(25)16(22)23/h7,9-10H,4-6,8H2,1-3H3,(H,22,23). The molecule has 0 aliphatic carbocycles. The molecule has 1 aromatic rings. The molecule has 0 saturated heterocycles. The zero-order valence-electron chi connectivity index (χ0n) is 15.2. The maximum absolute atomic E-state index is 12.5. The van der Waals surface area contributed by atoms with Crippen molar-refractivity contribution in [3.05, 3.63) is 26.7 Å². The van der Waals surface area contributed by atoms with E-state index in [-0.39, 0.29) is 27.6 Å². The van der Waals surface area contributed by atoms with Crippen LogP contribution in [0.15, 0.2) is 6.07 Å². The molecule has 0 fully saturated rings. The second kappa shape index (κ2) is 10.7. The number of rotatable bonds is 8. The van der Waals surface area contributed by atoms with Crippen LogP contribution in [-0.2, 0) is 14.3 Å². The van der Waals surface area contributed by atoms with Gasteiger partial charge >= 0.3 is 17.9 Å². The second-order valence-electron chi connectivity index (χ2n) is 6.39. The summed E-state index contributed by atoms with van der Waals surface area (Å²) in [5.74, 6) is -4.31. The minimum absolute atomic E-state index is 0.0617. The van der Waals surface area contributed by atoms with Crippen molar-refractivity contribution >= 4 is 52.7 Å². The molecule has 0 radical (unpaired) electrons. The van der Waals surface area contributed by atoms with Gasteiger partial charge in [0.1, 0.15) is 5.56 Å². The first-order valence-corrected chi connectivity index (χ1v) is 9.51. The zero-order valence-corrected chi connectivity index (χ0v) is 17.5. The largest absolute Gasteiger partial charge is 0.473 e. The summed E-state index contributed by atoms with van der Waals surface area (Å²) in [6.07, 6.45) is 3.01. The number of carbonyl (C=O) groups excluding carboxylic acids is 2. The van der Waals surface area contributed by atoms with E-state index in [4.69, 9.17) is 44.6 Å². The SMILES string of the molecule is CCCC(C)CC(C)COC(=O)c1c(Cl)c(Cl)cc(Cl)c1OC(=O)C(=O)O. The molecule has 150 valence electrons. The van der Waals surface area contributed by atoms with E-state index in [2.05, 4.69) is 18.6 Å². The minimum Gasteiger partial charge on any atom is -0.473 e. The third-order valence-corrected chi connectivity index (χ3v) is 4.85. The van der Waals surface area contributed by atoms with E-state index in [1.165, 1.54) is 0 Å². The van der Waals surface area contributed by atoms with Crippen LogP contribution in [0.2, 0.25) is 15.1 Å². The summed E-state index contributed by atoms with van der Waals surface area (Å²) in [6, 6.07) is 1.14. The number of carbonyl (C=O) groups is 3. The van der Waals surface area contributed by atoms with Gasteiger partial charge in [0.15, 0.2) is 5.75 Å². The fraction of sp³-hybridized carbons (Fsp3) is 0.500. The van der Waals surface area contributed by atoms with E-state index in [9.17, 15) is 14.4 Å². The van der Waals surface area contributed by atoms with E-state index in [1.807, 2.05) is 6.92 Å². The molecule has 1 rings (SSSR count). The number of carboxylic acid groups (broad SMARTS) is 1. The highest BCUT2D eigenvalue weighted by Gasteiger charge is 2.28. The van der Waals surface area contributed by atoms with E-state index < -0.39 is 29.2 Å². The van der Waals surface area contributed by atoms with Gasteiger partial charge in [-0.25, -0.2) is 14.4 Å². The molecular formula is C18H21Cl3O6. The Morgan fingerprint density at radius 3 is 2.30 bits per heavy atom. The fourth-order valence-corrected chi connectivity index (χ4v) is 3.37. The summed E-state index contributed by atoms with van der Waals surface area (Å²) in [4.78, 5) is 34.6. The Kier molecular flexibility index (Phi) is 9.36. The maximum Gasteiger partial charge on any atom is 0.422 e. The number of benzene rings is 1. The van der Waals surface area contributed by atoms with Gasteiger partial charge in [0.2, 0.25) is 0 Å². The monoisotopic (exact) mass is 438 g/mol. The van der Waals surface area contributed by atoms with Gasteiger partial charge in [-0.05, 0) is 24.3 Å². The lowest BCUT2D eigenvalue weighted by molar-refractivity contribution is -0.158. The van der Waals surface area contributed by atoms with Crippen molar-refractivity contribution < 1.29 is 29.0 Å². The van der Waals surface area contributed by atoms with E-state index >= 15 is 0 Å². The van der Waals surface area contributed by atoms with Crippen LogP contribution in [-0.4, -0.2) is 29.6 Å². The van der Waals surface area contributed by atoms with Gasteiger partial charge in [0, 0.05) is 0 Å². The molecule has 0 aliphatic heterocycles. The molecule has 0 amide bonds. The number of ether oxygens (including phenoxy) is 2. The van der Waals surface area contributed by atoms with Crippen molar-refractivity contribution in [3.63, 3.8) is 0 Å². The molecule has 1 N–H and O–H groups in total. The normalized spacial score (nSPS) is 13.0. The molecular weight excluding hydrogens is 419 g/mol. The Labute approximate surface area is 172 Å². The van der Waals surface area contributed by atoms with E-state index in [1.54, 1.807) is 0 Å². The third kappa shape index (κ3) is 6.87. The molecule has 0 bridgehead atoms. The van der Waals surface area contributed by atoms with Crippen LogP contribution in [0.4, 0.5) is 0 Å². The van der Waals surface area contributed by atoms with Crippen molar-refractivity contribution in [1.82, 2.24) is 0 Å². The molecule has 2 unspecified atom stereocenters. The first-order chi connectivity index (χ1) is 12.6. The molecule has 1 aromatic carbocycles. The van der Waals surface area contributed by atoms with Crippen molar-refractivity contribution in [2.75, 3.05) is 6.61 Å².